The number of methoxy groups -OCH3 is 1. The van der Waals surface area contributed by atoms with E-state index in [-0.39, 0.29) is 12.4 Å². The number of benzene rings is 1. The third-order valence-corrected chi connectivity index (χ3v) is 5.47. The van der Waals surface area contributed by atoms with Gasteiger partial charge in [-0.1, -0.05) is 6.08 Å². The average Bonchev–Trinajstić information content (AvgIpc) is 3.39. The van der Waals surface area contributed by atoms with Crippen molar-refractivity contribution in [2.45, 2.75) is 38.9 Å². The fourth-order valence-electron chi connectivity index (χ4n) is 3.85. The molecule has 2 N–H and O–H groups in total. The number of rotatable bonds is 6. The van der Waals surface area contributed by atoms with Crippen LogP contribution in [-0.2, 0) is 16.0 Å². The van der Waals surface area contributed by atoms with Crippen molar-refractivity contribution in [3.8, 4) is 17.2 Å². The van der Waals surface area contributed by atoms with Gasteiger partial charge in [0.25, 0.3) is 0 Å². The highest BCUT2D eigenvalue weighted by Crippen LogP contribution is 2.50. The molecule has 1 unspecified atom stereocenters. The maximum absolute atomic E-state index is 12.4. The zero-order valence-corrected chi connectivity index (χ0v) is 18.2. The number of fused-ring (bicyclic) bond motifs is 2. The monoisotopic (exact) mass is 428 g/mol. The summed E-state index contributed by atoms with van der Waals surface area (Å²) in [6.45, 7) is 6.78. The van der Waals surface area contributed by atoms with E-state index < -0.39 is 17.7 Å². The van der Waals surface area contributed by atoms with Gasteiger partial charge in [-0.3, -0.25) is 0 Å². The quantitative estimate of drug-likeness (QED) is 0.668. The first-order valence-corrected chi connectivity index (χ1v) is 10.4. The van der Waals surface area contributed by atoms with Crippen molar-refractivity contribution >= 4 is 11.5 Å². The second-order valence-corrected chi connectivity index (χ2v) is 8.16. The summed E-state index contributed by atoms with van der Waals surface area (Å²) in [5.74, 6) is 1.24. The molecule has 0 radical (unpaired) electrons. The van der Waals surface area contributed by atoms with Gasteiger partial charge in [-0.15, -0.1) is 0 Å². The lowest BCUT2D eigenvalue weighted by atomic mass is 9.92. The van der Waals surface area contributed by atoms with Gasteiger partial charge in [0.15, 0.2) is 0 Å². The van der Waals surface area contributed by atoms with Crippen molar-refractivity contribution < 1.29 is 28.8 Å². The molecule has 0 aliphatic carbocycles. The normalized spacial score (nSPS) is 20.4. The van der Waals surface area contributed by atoms with Crippen LogP contribution in [0.15, 0.2) is 36.4 Å². The molecule has 3 heterocycles. The second-order valence-electron chi connectivity index (χ2n) is 8.16. The molecule has 8 nitrogen and oxygen atoms in total. The minimum Gasteiger partial charge on any atom is -0.496 e. The predicted molar refractivity (Wildman–Crippen MR) is 115 cm³/mol. The van der Waals surface area contributed by atoms with E-state index in [1.165, 1.54) is 0 Å². The third kappa shape index (κ3) is 4.07. The van der Waals surface area contributed by atoms with Crippen LogP contribution in [0.2, 0.25) is 0 Å². The minimum atomic E-state index is -1.02. The van der Waals surface area contributed by atoms with Crippen LogP contribution in [0.4, 0.5) is 0 Å². The number of nitrogens with one attached hydrogen (secondary N) is 1. The van der Waals surface area contributed by atoms with Crippen molar-refractivity contribution in [3.63, 3.8) is 0 Å². The molecule has 1 aromatic carbocycles. The molecule has 0 saturated carbocycles. The summed E-state index contributed by atoms with van der Waals surface area (Å²) in [6, 6.07) is 1.76. The topological polar surface area (TPSA) is 89.5 Å². The maximum atomic E-state index is 12.4. The van der Waals surface area contributed by atoms with Crippen LogP contribution in [0, 0.1) is 0 Å². The van der Waals surface area contributed by atoms with Crippen molar-refractivity contribution in [3.05, 3.63) is 47.5 Å². The molecule has 0 saturated heterocycles. The number of ether oxygens (including phenoxy) is 4. The van der Waals surface area contributed by atoms with Gasteiger partial charge in [0.05, 0.1) is 31.5 Å². The summed E-state index contributed by atoms with van der Waals surface area (Å²) < 4.78 is 22.9. The first-order chi connectivity index (χ1) is 14.8. The summed E-state index contributed by atoms with van der Waals surface area (Å²) in [4.78, 5) is 14.5. The van der Waals surface area contributed by atoms with Crippen molar-refractivity contribution in [1.29, 1.82) is 0 Å². The molecule has 0 bridgehead atoms. The van der Waals surface area contributed by atoms with E-state index in [1.807, 2.05) is 18.5 Å². The number of aliphatic hydroxyl groups is 1. The van der Waals surface area contributed by atoms with E-state index in [9.17, 15) is 9.90 Å². The Labute approximate surface area is 181 Å². The molecule has 0 aromatic heterocycles. The lowest BCUT2D eigenvalue weighted by Gasteiger charge is -2.24. The van der Waals surface area contributed by atoms with Crippen LogP contribution in [0.1, 0.15) is 31.9 Å². The van der Waals surface area contributed by atoms with Crippen LogP contribution in [0.3, 0.4) is 0 Å². The second kappa shape index (κ2) is 8.19. The van der Waals surface area contributed by atoms with Gasteiger partial charge >= 0.3 is 5.97 Å². The first-order valence-electron chi connectivity index (χ1n) is 10.4. The Bertz CT molecular complexity index is 973. The molecule has 31 heavy (non-hydrogen) atoms. The maximum Gasteiger partial charge on any atom is 0.374 e. The molecule has 4 rings (SSSR count). The predicted octanol–water partition coefficient (Wildman–Crippen LogP) is 2.33. The molecule has 166 valence electrons. The fourth-order valence-corrected chi connectivity index (χ4v) is 3.85. The Hall–Kier alpha value is -3.13. The third-order valence-electron chi connectivity index (χ3n) is 5.47. The van der Waals surface area contributed by atoms with Crippen molar-refractivity contribution in [2.24, 2.45) is 0 Å². The Balaban J connectivity index is 1.78. The SMILES string of the molecule is CCOC(=O)C1=CC(=CCN2C=CNC2)c2c(cc3c(c2OC)CC(C(C)(C)O)O3)O1. The Kier molecular flexibility index (Phi) is 5.58. The zero-order valence-electron chi connectivity index (χ0n) is 18.2. The Morgan fingerprint density at radius 3 is 2.87 bits per heavy atom. The minimum absolute atomic E-state index is 0.106. The summed E-state index contributed by atoms with van der Waals surface area (Å²) in [5.41, 5.74) is 1.41. The summed E-state index contributed by atoms with van der Waals surface area (Å²) >= 11 is 0. The molecular formula is C23H28N2O6. The molecule has 3 aliphatic heterocycles. The van der Waals surface area contributed by atoms with Crippen LogP contribution < -0.4 is 19.5 Å². The van der Waals surface area contributed by atoms with E-state index in [0.29, 0.717) is 36.9 Å². The smallest absolute Gasteiger partial charge is 0.374 e. The van der Waals surface area contributed by atoms with Gasteiger partial charge in [-0.25, -0.2) is 4.79 Å². The van der Waals surface area contributed by atoms with Crippen LogP contribution >= 0.6 is 0 Å². The number of allylic oxidation sites excluding steroid dienone is 2. The summed E-state index contributed by atoms with van der Waals surface area (Å²) in [5, 5.41) is 13.6. The Morgan fingerprint density at radius 1 is 1.42 bits per heavy atom. The van der Waals surface area contributed by atoms with Gasteiger partial charge in [-0.2, -0.15) is 0 Å². The van der Waals surface area contributed by atoms with Gasteiger partial charge < -0.3 is 34.3 Å². The zero-order chi connectivity index (χ0) is 22.2. The number of hydrogen-bond acceptors (Lipinski definition) is 8. The number of nitrogens with zero attached hydrogens (tertiary/aromatic N) is 1. The van der Waals surface area contributed by atoms with Crippen LogP contribution in [0.5, 0.6) is 17.2 Å². The van der Waals surface area contributed by atoms with E-state index in [2.05, 4.69) is 10.2 Å². The molecular weight excluding hydrogens is 400 g/mol. The van der Waals surface area contributed by atoms with Gasteiger partial charge in [0.2, 0.25) is 5.76 Å². The highest BCUT2D eigenvalue weighted by molar-refractivity contribution is 5.95. The van der Waals surface area contributed by atoms with E-state index >= 15 is 0 Å². The molecule has 0 amide bonds. The summed E-state index contributed by atoms with van der Waals surface area (Å²) in [6.07, 6.45) is 7.66. The molecule has 1 atom stereocenters. The number of esters is 1. The van der Waals surface area contributed by atoms with Crippen molar-refractivity contribution in [2.75, 3.05) is 26.9 Å². The molecule has 3 aliphatic rings. The van der Waals surface area contributed by atoms with Gasteiger partial charge in [-0.05, 0) is 32.4 Å². The standard InChI is InChI=1S/C23H28N2O6/c1-5-29-22(26)18-10-14(6-8-25-9-7-24-13-25)20-17(30-18)12-16-15(21(20)28-4)11-19(31-16)23(2,3)27/h6-7,9-10,12,19,24,27H,5,8,11,13H2,1-4H3. The van der Waals surface area contributed by atoms with E-state index in [0.717, 1.165) is 16.7 Å². The molecule has 0 fully saturated rings. The molecule has 8 heteroatoms. The number of carbonyl (C=O) groups is 1. The van der Waals surface area contributed by atoms with Crippen LogP contribution in [0.25, 0.3) is 5.57 Å². The van der Waals surface area contributed by atoms with Gasteiger partial charge in [0, 0.05) is 37.0 Å². The molecule has 1 aromatic rings. The number of carbonyl (C=O) groups excluding carboxylic acids is 1. The largest absolute Gasteiger partial charge is 0.496 e. The lowest BCUT2D eigenvalue weighted by molar-refractivity contribution is -0.141. The highest BCUT2D eigenvalue weighted by atomic mass is 16.6. The van der Waals surface area contributed by atoms with E-state index in [1.54, 1.807) is 40.0 Å². The fraction of sp³-hybridized carbons (Fsp3) is 0.435. The average molecular weight is 428 g/mol. The number of hydrogen-bond donors (Lipinski definition) is 2. The summed E-state index contributed by atoms with van der Waals surface area (Å²) in [7, 11) is 1.60. The van der Waals surface area contributed by atoms with Gasteiger partial charge in [0.1, 0.15) is 23.4 Å². The Morgan fingerprint density at radius 2 is 2.23 bits per heavy atom. The molecule has 0 spiro atoms. The lowest BCUT2D eigenvalue weighted by Crippen LogP contribution is -2.39. The van der Waals surface area contributed by atoms with Crippen molar-refractivity contribution in [1.82, 2.24) is 10.2 Å². The van der Waals surface area contributed by atoms with E-state index in [4.69, 9.17) is 18.9 Å². The first kappa shape index (κ1) is 21.1. The highest BCUT2D eigenvalue weighted by Gasteiger charge is 2.39. The van der Waals surface area contributed by atoms with Crippen LogP contribution in [-0.4, -0.2) is 54.6 Å².